The fourth-order valence-electron chi connectivity index (χ4n) is 4.27. The molecule has 3 heterocycles. The average molecular weight is 486 g/mol. The van der Waals surface area contributed by atoms with Crippen molar-refractivity contribution in [3.8, 4) is 5.75 Å². The van der Waals surface area contributed by atoms with Crippen LogP contribution in [0.25, 0.3) is 21.9 Å². The molecular weight excluding hydrogens is 458 g/mol. The lowest BCUT2D eigenvalue weighted by molar-refractivity contribution is -0.123. The standard InChI is InChI=1S/C28H27N3O3S/c1-18-19(2)35-27-24(18)26(32)29-25(30-27)23(28(33)31-14-6-7-15-31)16-20-10-12-22(13-11-20)34-17-21-8-4-3-5-9-21/h3-5,8-13,16H,6-7,14-15,17H2,1-2H3,(H,29,30,32). The summed E-state index contributed by atoms with van der Waals surface area (Å²) in [6.07, 6.45) is 3.77. The fourth-order valence-corrected chi connectivity index (χ4v) is 5.30. The van der Waals surface area contributed by atoms with Crippen LogP contribution in [0.3, 0.4) is 0 Å². The molecule has 1 aliphatic rings. The van der Waals surface area contributed by atoms with Gasteiger partial charge in [0.25, 0.3) is 11.5 Å². The second kappa shape index (κ2) is 9.88. The highest BCUT2D eigenvalue weighted by Gasteiger charge is 2.25. The quantitative estimate of drug-likeness (QED) is 0.374. The van der Waals surface area contributed by atoms with Crippen molar-refractivity contribution in [3.05, 3.63) is 92.3 Å². The van der Waals surface area contributed by atoms with E-state index < -0.39 is 0 Å². The molecule has 6 nitrogen and oxygen atoms in total. The smallest absolute Gasteiger partial charge is 0.260 e. The summed E-state index contributed by atoms with van der Waals surface area (Å²) in [5.74, 6) is 0.945. The van der Waals surface area contributed by atoms with Crippen molar-refractivity contribution in [2.75, 3.05) is 13.1 Å². The Morgan fingerprint density at radius 3 is 2.51 bits per heavy atom. The summed E-state index contributed by atoms with van der Waals surface area (Å²) < 4.78 is 5.89. The first-order valence-corrected chi connectivity index (χ1v) is 12.6. The minimum atomic E-state index is -0.211. The minimum Gasteiger partial charge on any atom is -0.489 e. The molecular formula is C28H27N3O3S. The number of hydrogen-bond donors (Lipinski definition) is 1. The molecule has 5 rings (SSSR count). The molecule has 1 saturated heterocycles. The van der Waals surface area contributed by atoms with E-state index in [-0.39, 0.29) is 11.5 Å². The van der Waals surface area contributed by atoms with Gasteiger partial charge in [-0.25, -0.2) is 4.98 Å². The van der Waals surface area contributed by atoms with Crippen LogP contribution in [0.5, 0.6) is 5.75 Å². The van der Waals surface area contributed by atoms with E-state index >= 15 is 0 Å². The molecule has 0 radical (unpaired) electrons. The fraction of sp³-hybridized carbons (Fsp3) is 0.250. The van der Waals surface area contributed by atoms with Crippen molar-refractivity contribution in [2.24, 2.45) is 0 Å². The van der Waals surface area contributed by atoms with Crippen LogP contribution in [0.15, 0.2) is 59.4 Å². The zero-order valence-corrected chi connectivity index (χ0v) is 20.7. The Morgan fingerprint density at radius 1 is 1.09 bits per heavy atom. The summed E-state index contributed by atoms with van der Waals surface area (Å²) in [5, 5.41) is 0.601. The van der Waals surface area contributed by atoms with E-state index in [9.17, 15) is 9.59 Å². The lowest BCUT2D eigenvalue weighted by Gasteiger charge is -2.17. The molecule has 0 saturated carbocycles. The number of rotatable bonds is 6. The third kappa shape index (κ3) is 4.91. The number of hydrogen-bond acceptors (Lipinski definition) is 5. The number of carbonyl (C=O) groups excluding carboxylic acids is 1. The van der Waals surface area contributed by atoms with Crippen LogP contribution in [0, 0.1) is 13.8 Å². The maximum atomic E-state index is 13.5. The van der Waals surface area contributed by atoms with Gasteiger partial charge in [0.05, 0.1) is 11.0 Å². The minimum absolute atomic E-state index is 0.112. The molecule has 1 amide bonds. The molecule has 2 aromatic heterocycles. The Morgan fingerprint density at radius 2 is 1.80 bits per heavy atom. The van der Waals surface area contributed by atoms with Crippen LogP contribution < -0.4 is 10.3 Å². The number of nitrogens with zero attached hydrogens (tertiary/aromatic N) is 2. The molecule has 0 bridgehead atoms. The number of thiophene rings is 1. The normalized spacial score (nSPS) is 14.0. The molecule has 1 N–H and O–H groups in total. The molecule has 1 aliphatic heterocycles. The Kier molecular flexibility index (Phi) is 6.51. The van der Waals surface area contributed by atoms with E-state index in [2.05, 4.69) is 4.98 Å². The molecule has 2 aromatic carbocycles. The first kappa shape index (κ1) is 23.1. The van der Waals surface area contributed by atoms with E-state index in [0.29, 0.717) is 41.3 Å². The first-order chi connectivity index (χ1) is 17.0. The molecule has 0 atom stereocenters. The molecule has 4 aromatic rings. The topological polar surface area (TPSA) is 75.3 Å². The van der Waals surface area contributed by atoms with Crippen LogP contribution in [0.1, 0.15) is 40.2 Å². The van der Waals surface area contributed by atoms with Gasteiger partial charge in [-0.1, -0.05) is 42.5 Å². The molecule has 178 valence electrons. The van der Waals surface area contributed by atoms with Crippen LogP contribution in [-0.4, -0.2) is 33.9 Å². The van der Waals surface area contributed by atoms with Gasteiger partial charge in [-0.05, 0) is 61.6 Å². The molecule has 1 fully saturated rings. The maximum Gasteiger partial charge on any atom is 0.260 e. The SMILES string of the molecule is Cc1sc2nc(C(=Cc3ccc(OCc4ccccc4)cc3)C(=O)N3CCCC3)[nH]c(=O)c2c1C. The number of benzene rings is 2. The highest BCUT2D eigenvalue weighted by molar-refractivity contribution is 7.18. The predicted molar refractivity (Wildman–Crippen MR) is 141 cm³/mol. The first-order valence-electron chi connectivity index (χ1n) is 11.8. The van der Waals surface area contributed by atoms with E-state index in [0.717, 1.165) is 40.2 Å². The lowest BCUT2D eigenvalue weighted by Crippen LogP contribution is -2.29. The third-order valence-corrected chi connectivity index (χ3v) is 7.46. The van der Waals surface area contributed by atoms with Crippen LogP contribution >= 0.6 is 11.3 Å². The molecule has 0 spiro atoms. The largest absolute Gasteiger partial charge is 0.489 e. The van der Waals surface area contributed by atoms with Crippen molar-refractivity contribution in [1.82, 2.24) is 14.9 Å². The zero-order chi connectivity index (χ0) is 24.4. The number of fused-ring (bicyclic) bond motifs is 1. The number of nitrogens with one attached hydrogen (secondary N) is 1. The van der Waals surface area contributed by atoms with E-state index in [4.69, 9.17) is 9.72 Å². The predicted octanol–water partition coefficient (Wildman–Crippen LogP) is 5.34. The van der Waals surface area contributed by atoms with Crippen molar-refractivity contribution in [1.29, 1.82) is 0 Å². The number of aromatic amines is 1. The Bertz CT molecular complexity index is 1450. The average Bonchev–Trinajstić information content (AvgIpc) is 3.51. The third-order valence-electron chi connectivity index (χ3n) is 6.36. The Balaban J connectivity index is 1.47. The van der Waals surface area contributed by atoms with Gasteiger partial charge in [-0.2, -0.15) is 0 Å². The number of amides is 1. The number of carbonyl (C=O) groups is 1. The summed E-state index contributed by atoms with van der Waals surface area (Å²) >= 11 is 1.48. The van der Waals surface area contributed by atoms with Crippen molar-refractivity contribution < 1.29 is 9.53 Å². The van der Waals surface area contributed by atoms with Gasteiger partial charge in [0, 0.05) is 18.0 Å². The van der Waals surface area contributed by atoms with E-state index in [1.54, 1.807) is 6.08 Å². The zero-order valence-electron chi connectivity index (χ0n) is 19.8. The lowest BCUT2D eigenvalue weighted by atomic mass is 10.1. The molecule has 0 aliphatic carbocycles. The van der Waals surface area contributed by atoms with Crippen LogP contribution in [-0.2, 0) is 11.4 Å². The van der Waals surface area contributed by atoms with Crippen molar-refractivity contribution >= 4 is 39.1 Å². The summed E-state index contributed by atoms with van der Waals surface area (Å²) in [6.45, 7) is 5.82. The van der Waals surface area contributed by atoms with Gasteiger partial charge in [-0.15, -0.1) is 11.3 Å². The van der Waals surface area contributed by atoms with Gasteiger partial charge in [-0.3, -0.25) is 9.59 Å². The Labute approximate surface area is 207 Å². The molecule has 7 heteroatoms. The number of likely N-dealkylation sites (tertiary alicyclic amines) is 1. The second-order valence-corrected chi connectivity index (χ2v) is 9.98. The summed E-state index contributed by atoms with van der Waals surface area (Å²) in [7, 11) is 0. The summed E-state index contributed by atoms with van der Waals surface area (Å²) in [4.78, 5) is 37.5. The number of aromatic nitrogens is 2. The summed E-state index contributed by atoms with van der Waals surface area (Å²) in [6, 6.07) is 17.6. The van der Waals surface area contributed by atoms with Gasteiger partial charge in [0.15, 0.2) is 0 Å². The van der Waals surface area contributed by atoms with Crippen molar-refractivity contribution in [3.63, 3.8) is 0 Å². The summed E-state index contributed by atoms with van der Waals surface area (Å²) in [5.41, 5.74) is 3.05. The van der Waals surface area contributed by atoms with E-state index in [1.165, 1.54) is 11.3 Å². The number of H-pyrrole nitrogens is 1. The maximum absolute atomic E-state index is 13.5. The van der Waals surface area contributed by atoms with Crippen LogP contribution in [0.2, 0.25) is 0 Å². The van der Waals surface area contributed by atoms with Gasteiger partial charge >= 0.3 is 0 Å². The van der Waals surface area contributed by atoms with Gasteiger partial charge in [0.2, 0.25) is 0 Å². The number of aryl methyl sites for hydroxylation is 2. The molecule has 35 heavy (non-hydrogen) atoms. The second-order valence-electron chi connectivity index (χ2n) is 8.78. The van der Waals surface area contributed by atoms with E-state index in [1.807, 2.05) is 73.3 Å². The van der Waals surface area contributed by atoms with Gasteiger partial charge < -0.3 is 14.6 Å². The molecule has 0 unspecified atom stereocenters. The van der Waals surface area contributed by atoms with Crippen LogP contribution in [0.4, 0.5) is 0 Å². The monoisotopic (exact) mass is 485 g/mol. The van der Waals surface area contributed by atoms with Crippen molar-refractivity contribution in [2.45, 2.75) is 33.3 Å². The Hall–Kier alpha value is -3.71. The number of ether oxygens (including phenoxy) is 1. The van der Waals surface area contributed by atoms with Gasteiger partial charge in [0.1, 0.15) is 23.0 Å². The highest BCUT2D eigenvalue weighted by atomic mass is 32.1. The highest BCUT2D eigenvalue weighted by Crippen LogP contribution is 2.28.